The third-order valence-electron chi connectivity index (χ3n) is 3.62. The maximum Gasteiger partial charge on any atom is 0.271 e. The number of nitrogens with one attached hydrogen (secondary N) is 1. The molecule has 21 heavy (non-hydrogen) atoms. The Kier molecular flexibility index (Phi) is 3.87. The van der Waals surface area contributed by atoms with Crippen LogP contribution in [0.5, 0.6) is 0 Å². The van der Waals surface area contributed by atoms with Crippen LogP contribution in [0.25, 0.3) is 0 Å². The van der Waals surface area contributed by atoms with E-state index in [9.17, 15) is 10.1 Å². The van der Waals surface area contributed by atoms with Gasteiger partial charge in [-0.15, -0.1) is 0 Å². The van der Waals surface area contributed by atoms with Gasteiger partial charge < -0.3 is 5.32 Å². The zero-order chi connectivity index (χ0) is 15.0. The van der Waals surface area contributed by atoms with Gasteiger partial charge in [-0.3, -0.25) is 10.1 Å². The molecule has 0 saturated heterocycles. The second kappa shape index (κ2) is 5.66. The van der Waals surface area contributed by atoms with Gasteiger partial charge in [-0.05, 0) is 58.1 Å². The van der Waals surface area contributed by atoms with Gasteiger partial charge in [0, 0.05) is 27.7 Å². The van der Waals surface area contributed by atoms with Gasteiger partial charge >= 0.3 is 0 Å². The fourth-order valence-corrected chi connectivity index (χ4v) is 3.20. The van der Waals surface area contributed by atoms with E-state index in [1.54, 1.807) is 12.1 Å². The molecule has 0 aliphatic heterocycles. The molecule has 108 valence electrons. The van der Waals surface area contributed by atoms with Crippen molar-refractivity contribution in [2.45, 2.75) is 18.9 Å². The fraction of sp³-hybridized carbons (Fsp3) is 0.200. The minimum Gasteiger partial charge on any atom is -0.381 e. The molecular weight excluding hydrogens is 356 g/mol. The molecule has 1 atom stereocenters. The smallest absolute Gasteiger partial charge is 0.271 e. The average Bonchev–Trinajstić information content (AvgIpc) is 2.82. The van der Waals surface area contributed by atoms with Crippen molar-refractivity contribution < 1.29 is 4.92 Å². The fourth-order valence-electron chi connectivity index (χ4n) is 2.65. The Balaban J connectivity index is 1.80. The van der Waals surface area contributed by atoms with Crippen LogP contribution < -0.4 is 5.32 Å². The lowest BCUT2D eigenvalue weighted by Crippen LogP contribution is -2.19. The van der Waals surface area contributed by atoms with Gasteiger partial charge in [0.2, 0.25) is 0 Å². The highest BCUT2D eigenvalue weighted by Crippen LogP contribution is 2.31. The maximum absolute atomic E-state index is 10.9. The number of fused-ring (bicyclic) bond motifs is 1. The van der Waals surface area contributed by atoms with Crippen molar-refractivity contribution in [2.75, 3.05) is 5.32 Å². The van der Waals surface area contributed by atoms with Crippen molar-refractivity contribution in [3.8, 4) is 0 Å². The number of nitro benzene ring substituents is 1. The molecule has 0 amide bonds. The number of hydrogen-bond acceptors (Lipinski definition) is 3. The van der Waals surface area contributed by atoms with E-state index in [0.29, 0.717) is 0 Å². The summed E-state index contributed by atoms with van der Waals surface area (Å²) >= 11 is 9.44. The summed E-state index contributed by atoms with van der Waals surface area (Å²) in [4.78, 5) is 10.5. The van der Waals surface area contributed by atoms with Gasteiger partial charge in [0.25, 0.3) is 5.69 Å². The molecule has 6 heteroatoms. The molecule has 3 rings (SSSR count). The normalized spacial score (nSPS) is 16.6. The molecule has 1 aliphatic rings. The maximum atomic E-state index is 10.9. The summed E-state index contributed by atoms with van der Waals surface area (Å²) in [5.41, 5.74) is 3.34. The first-order valence-electron chi connectivity index (χ1n) is 6.51. The van der Waals surface area contributed by atoms with Crippen LogP contribution in [0.3, 0.4) is 0 Å². The highest BCUT2D eigenvalue weighted by Gasteiger charge is 2.22. The van der Waals surface area contributed by atoms with Gasteiger partial charge in [-0.1, -0.05) is 17.7 Å². The second-order valence-corrected chi connectivity index (χ2v) is 6.37. The van der Waals surface area contributed by atoms with Crippen LogP contribution in [0.1, 0.15) is 11.1 Å². The van der Waals surface area contributed by atoms with Crippen LogP contribution in [0.2, 0.25) is 5.02 Å². The molecule has 0 radical (unpaired) electrons. The molecule has 1 unspecified atom stereocenters. The number of non-ortho nitro benzene ring substituents is 1. The summed E-state index contributed by atoms with van der Waals surface area (Å²) in [6, 6.07) is 10.9. The molecule has 4 nitrogen and oxygen atoms in total. The Bertz CT molecular complexity index is 721. The molecule has 1 N–H and O–H groups in total. The van der Waals surface area contributed by atoms with E-state index in [0.717, 1.165) is 28.0 Å². The number of nitro groups is 1. The van der Waals surface area contributed by atoms with E-state index >= 15 is 0 Å². The monoisotopic (exact) mass is 366 g/mol. The third-order valence-corrected chi connectivity index (χ3v) is 4.55. The quantitative estimate of drug-likeness (QED) is 0.637. The minimum atomic E-state index is -0.388. The van der Waals surface area contributed by atoms with E-state index in [2.05, 4.69) is 21.2 Å². The lowest BCUT2D eigenvalue weighted by Gasteiger charge is -2.14. The summed E-state index contributed by atoms with van der Waals surface area (Å²) < 4.78 is 0.821. The second-order valence-electron chi connectivity index (χ2n) is 5.08. The molecular formula is C15H12BrClN2O2. The zero-order valence-electron chi connectivity index (χ0n) is 11.0. The highest BCUT2D eigenvalue weighted by atomic mass is 79.9. The van der Waals surface area contributed by atoms with Crippen LogP contribution in [0.15, 0.2) is 40.9 Å². The Morgan fingerprint density at radius 1 is 1.19 bits per heavy atom. The van der Waals surface area contributed by atoms with Gasteiger partial charge in [-0.25, -0.2) is 0 Å². The van der Waals surface area contributed by atoms with Crippen LogP contribution in [-0.2, 0) is 12.8 Å². The molecule has 2 aromatic carbocycles. The van der Waals surface area contributed by atoms with Crippen LogP contribution >= 0.6 is 27.5 Å². The summed E-state index contributed by atoms with van der Waals surface area (Å²) in [6.07, 6.45) is 1.76. The molecule has 0 aromatic heterocycles. The van der Waals surface area contributed by atoms with Crippen molar-refractivity contribution in [1.29, 1.82) is 0 Å². The predicted octanol–water partition coefficient (Wildman–Crippen LogP) is 4.59. The number of benzene rings is 2. The summed E-state index contributed by atoms with van der Waals surface area (Å²) in [5, 5.41) is 15.0. The van der Waals surface area contributed by atoms with E-state index in [-0.39, 0.29) is 16.7 Å². The van der Waals surface area contributed by atoms with Gasteiger partial charge in [0.15, 0.2) is 0 Å². The SMILES string of the molecule is O=[N+]([O-])c1ccc(Br)c(NC2Cc3ccc(Cl)cc3C2)c1. The average molecular weight is 368 g/mol. The van der Waals surface area contributed by atoms with Gasteiger partial charge in [0.05, 0.1) is 10.6 Å². The Hall–Kier alpha value is -1.59. The number of anilines is 1. The van der Waals surface area contributed by atoms with Crippen molar-refractivity contribution in [2.24, 2.45) is 0 Å². The molecule has 0 saturated carbocycles. The van der Waals surface area contributed by atoms with E-state index in [1.807, 2.05) is 18.2 Å². The first kappa shape index (κ1) is 14.4. The Morgan fingerprint density at radius 2 is 1.95 bits per heavy atom. The topological polar surface area (TPSA) is 55.2 Å². The lowest BCUT2D eigenvalue weighted by atomic mass is 10.1. The number of halogens is 2. The molecule has 0 fully saturated rings. The zero-order valence-corrected chi connectivity index (χ0v) is 13.3. The van der Waals surface area contributed by atoms with E-state index in [4.69, 9.17) is 11.6 Å². The number of nitrogens with zero attached hydrogens (tertiary/aromatic N) is 1. The largest absolute Gasteiger partial charge is 0.381 e. The van der Waals surface area contributed by atoms with Crippen LogP contribution in [0.4, 0.5) is 11.4 Å². The first-order chi connectivity index (χ1) is 10.0. The number of rotatable bonds is 3. The van der Waals surface area contributed by atoms with E-state index in [1.165, 1.54) is 17.2 Å². The Labute approximate surface area is 135 Å². The van der Waals surface area contributed by atoms with Crippen molar-refractivity contribution in [3.63, 3.8) is 0 Å². The van der Waals surface area contributed by atoms with Gasteiger partial charge in [-0.2, -0.15) is 0 Å². The molecule has 1 aliphatic carbocycles. The number of hydrogen-bond donors (Lipinski definition) is 1. The molecule has 2 aromatic rings. The molecule has 0 bridgehead atoms. The third kappa shape index (κ3) is 3.04. The summed E-state index contributed by atoms with van der Waals surface area (Å²) in [7, 11) is 0. The van der Waals surface area contributed by atoms with Crippen LogP contribution in [-0.4, -0.2) is 11.0 Å². The van der Waals surface area contributed by atoms with Gasteiger partial charge in [0.1, 0.15) is 0 Å². The Morgan fingerprint density at radius 3 is 2.71 bits per heavy atom. The summed E-state index contributed by atoms with van der Waals surface area (Å²) in [6.45, 7) is 0. The molecule has 0 spiro atoms. The standard InChI is InChI=1S/C15H12BrClN2O2/c16-14-4-3-13(19(20)21)8-15(14)18-12-6-9-1-2-11(17)5-10(9)7-12/h1-5,8,12,18H,6-7H2. The van der Waals surface area contributed by atoms with Crippen molar-refractivity contribution in [1.82, 2.24) is 0 Å². The lowest BCUT2D eigenvalue weighted by molar-refractivity contribution is -0.384. The van der Waals surface area contributed by atoms with Crippen LogP contribution in [0, 0.1) is 10.1 Å². The van der Waals surface area contributed by atoms with E-state index < -0.39 is 0 Å². The summed E-state index contributed by atoms with van der Waals surface area (Å²) in [5.74, 6) is 0. The first-order valence-corrected chi connectivity index (χ1v) is 7.68. The predicted molar refractivity (Wildman–Crippen MR) is 87.1 cm³/mol. The highest BCUT2D eigenvalue weighted by molar-refractivity contribution is 9.10. The molecule has 0 heterocycles. The minimum absolute atomic E-state index is 0.0826. The van der Waals surface area contributed by atoms with Crippen molar-refractivity contribution >= 4 is 38.9 Å². The van der Waals surface area contributed by atoms with Crippen molar-refractivity contribution in [3.05, 3.63) is 67.1 Å².